The fraction of sp³-hybridized carbons (Fsp3) is 0.136. The molecule has 0 aliphatic carbocycles. The number of amides is 1. The lowest BCUT2D eigenvalue weighted by atomic mass is 10.2. The van der Waals surface area contributed by atoms with E-state index in [2.05, 4.69) is 5.43 Å². The Bertz CT molecular complexity index is 1100. The van der Waals surface area contributed by atoms with Gasteiger partial charge >= 0.3 is 0 Å². The summed E-state index contributed by atoms with van der Waals surface area (Å²) in [6.45, 7) is 1.94. The van der Waals surface area contributed by atoms with Crippen molar-refractivity contribution in [1.29, 1.82) is 0 Å². The lowest BCUT2D eigenvalue weighted by Crippen LogP contribution is -2.39. The zero-order valence-electron chi connectivity index (χ0n) is 16.5. The first-order valence-electron chi connectivity index (χ1n) is 9.04. The Balaban J connectivity index is 1.82. The largest absolute Gasteiger partial charge is 0.288 e. The average Bonchev–Trinajstić information content (AvgIpc) is 2.74. The molecule has 0 heterocycles. The molecule has 0 atom stereocenters. The number of aryl methyl sites for hydroxylation is 1. The molecule has 0 aliphatic rings. The summed E-state index contributed by atoms with van der Waals surface area (Å²) in [6, 6.07) is 22.6. The van der Waals surface area contributed by atoms with E-state index in [0.717, 1.165) is 11.3 Å². The second-order valence-electron chi connectivity index (χ2n) is 6.67. The highest BCUT2D eigenvalue weighted by Crippen LogP contribution is 2.23. The number of hydrogen-bond donors (Lipinski definition) is 1. The first-order chi connectivity index (χ1) is 13.8. The molecule has 0 spiro atoms. The first kappa shape index (κ1) is 20.4. The predicted molar refractivity (Wildman–Crippen MR) is 116 cm³/mol. The molecule has 6 nitrogen and oxygen atoms in total. The third-order valence-corrected chi connectivity index (χ3v) is 6.35. The topological polar surface area (TPSA) is 69.7 Å². The van der Waals surface area contributed by atoms with Crippen molar-refractivity contribution in [2.24, 2.45) is 0 Å². The first-order valence-corrected chi connectivity index (χ1v) is 10.5. The van der Waals surface area contributed by atoms with Crippen LogP contribution in [0.25, 0.3) is 0 Å². The van der Waals surface area contributed by atoms with Crippen LogP contribution in [0.5, 0.6) is 0 Å². The van der Waals surface area contributed by atoms with E-state index in [1.807, 2.05) is 49.4 Å². The zero-order valence-corrected chi connectivity index (χ0v) is 17.3. The van der Waals surface area contributed by atoms with Gasteiger partial charge in [0.15, 0.2) is 0 Å². The van der Waals surface area contributed by atoms with Crippen LogP contribution in [-0.4, -0.2) is 28.4 Å². The van der Waals surface area contributed by atoms with E-state index < -0.39 is 15.9 Å². The summed E-state index contributed by atoms with van der Waals surface area (Å²) in [6.07, 6.45) is 0. The Kier molecular flexibility index (Phi) is 5.89. The van der Waals surface area contributed by atoms with Crippen molar-refractivity contribution in [3.05, 3.63) is 90.0 Å². The maximum absolute atomic E-state index is 13.0. The van der Waals surface area contributed by atoms with Gasteiger partial charge < -0.3 is 0 Å². The van der Waals surface area contributed by atoms with Crippen molar-refractivity contribution in [2.75, 3.05) is 23.4 Å². The van der Waals surface area contributed by atoms with Gasteiger partial charge in [-0.05, 0) is 49.4 Å². The highest BCUT2D eigenvalue weighted by Gasteiger charge is 2.22. The van der Waals surface area contributed by atoms with Crippen molar-refractivity contribution >= 4 is 27.3 Å². The normalized spacial score (nSPS) is 11.0. The summed E-state index contributed by atoms with van der Waals surface area (Å²) in [4.78, 5) is 12.7. The Morgan fingerprint density at radius 2 is 1.48 bits per heavy atom. The molecule has 0 saturated heterocycles. The molecule has 150 valence electrons. The van der Waals surface area contributed by atoms with Crippen molar-refractivity contribution in [2.45, 2.75) is 11.8 Å². The van der Waals surface area contributed by atoms with Gasteiger partial charge in [-0.15, -0.1) is 0 Å². The molecule has 1 amide bonds. The van der Waals surface area contributed by atoms with E-state index >= 15 is 0 Å². The predicted octanol–water partition coefficient (Wildman–Crippen LogP) is 3.60. The van der Waals surface area contributed by atoms with Crippen LogP contribution in [0.4, 0.5) is 11.4 Å². The molecule has 0 unspecified atom stereocenters. The number of hydrogen-bond acceptors (Lipinski definition) is 4. The minimum atomic E-state index is -3.80. The van der Waals surface area contributed by atoms with Crippen molar-refractivity contribution < 1.29 is 13.2 Å². The molecule has 0 bridgehead atoms. The fourth-order valence-electron chi connectivity index (χ4n) is 2.78. The molecule has 7 heteroatoms. The third-order valence-electron chi connectivity index (χ3n) is 4.56. The van der Waals surface area contributed by atoms with Crippen LogP contribution < -0.4 is 14.7 Å². The highest BCUT2D eigenvalue weighted by atomic mass is 32.2. The minimum absolute atomic E-state index is 0.0515. The lowest BCUT2D eigenvalue weighted by Gasteiger charge is -2.21. The molecule has 3 aromatic rings. The number of rotatable bonds is 6. The number of carbonyl (C=O) groups is 1. The van der Waals surface area contributed by atoms with Crippen molar-refractivity contribution in [1.82, 2.24) is 5.43 Å². The number of nitrogens with zero attached hydrogens (tertiary/aromatic N) is 2. The van der Waals surface area contributed by atoms with Gasteiger partial charge in [0.1, 0.15) is 0 Å². The molecule has 0 radical (unpaired) electrons. The van der Waals surface area contributed by atoms with Crippen LogP contribution in [0.2, 0.25) is 0 Å². The fourth-order valence-corrected chi connectivity index (χ4v) is 4.02. The zero-order chi connectivity index (χ0) is 21.0. The van der Waals surface area contributed by atoms with Gasteiger partial charge in [-0.3, -0.25) is 19.5 Å². The number of hydrazine groups is 1. The highest BCUT2D eigenvalue weighted by molar-refractivity contribution is 7.92. The number of anilines is 2. The van der Waals surface area contributed by atoms with Gasteiger partial charge in [-0.2, -0.15) is 0 Å². The molecule has 29 heavy (non-hydrogen) atoms. The number of carbonyl (C=O) groups excluding carboxylic acids is 1. The van der Waals surface area contributed by atoms with E-state index in [0.29, 0.717) is 5.69 Å². The van der Waals surface area contributed by atoms with Gasteiger partial charge in [0.05, 0.1) is 16.3 Å². The van der Waals surface area contributed by atoms with Gasteiger partial charge in [-0.25, -0.2) is 8.42 Å². The van der Waals surface area contributed by atoms with Crippen LogP contribution in [0.3, 0.4) is 0 Å². The van der Waals surface area contributed by atoms with E-state index in [1.54, 1.807) is 36.3 Å². The third kappa shape index (κ3) is 4.57. The van der Waals surface area contributed by atoms with E-state index in [4.69, 9.17) is 0 Å². The van der Waals surface area contributed by atoms with Crippen LogP contribution in [-0.2, 0) is 10.0 Å². The number of benzene rings is 3. The van der Waals surface area contributed by atoms with Crippen LogP contribution >= 0.6 is 0 Å². The van der Waals surface area contributed by atoms with E-state index in [9.17, 15) is 13.2 Å². The second kappa shape index (κ2) is 8.36. The smallest absolute Gasteiger partial charge is 0.269 e. The monoisotopic (exact) mass is 409 g/mol. The summed E-state index contributed by atoms with van der Waals surface area (Å²) < 4.78 is 27.2. The molecular formula is C22H23N3O3S. The molecule has 1 N–H and O–H groups in total. The van der Waals surface area contributed by atoms with Crippen molar-refractivity contribution in [3.8, 4) is 0 Å². The van der Waals surface area contributed by atoms with Crippen LogP contribution in [0, 0.1) is 6.92 Å². The van der Waals surface area contributed by atoms with Crippen LogP contribution in [0.1, 0.15) is 15.9 Å². The molecule has 0 fully saturated rings. The minimum Gasteiger partial charge on any atom is -0.288 e. The summed E-state index contributed by atoms with van der Waals surface area (Å²) in [5.41, 5.74) is 5.40. The maximum Gasteiger partial charge on any atom is 0.269 e. The Morgan fingerprint density at radius 3 is 2.14 bits per heavy atom. The number of para-hydroxylation sites is 1. The van der Waals surface area contributed by atoms with Crippen LogP contribution in [0.15, 0.2) is 83.8 Å². The average molecular weight is 410 g/mol. The van der Waals surface area contributed by atoms with Gasteiger partial charge in [0.25, 0.3) is 15.9 Å². The van der Waals surface area contributed by atoms with Gasteiger partial charge in [-0.1, -0.05) is 42.0 Å². The summed E-state index contributed by atoms with van der Waals surface area (Å²) in [5, 5.41) is 1.59. The quantitative estimate of drug-likeness (QED) is 0.632. The number of sulfonamides is 1. The van der Waals surface area contributed by atoms with Crippen molar-refractivity contribution in [3.63, 3.8) is 0 Å². The SMILES string of the molecule is Cc1ccc(N(C)S(=O)(=O)c2cccc(C(=O)NN(C)c3ccccc3)c2)cc1. The van der Waals surface area contributed by atoms with Gasteiger partial charge in [0, 0.05) is 19.7 Å². The lowest BCUT2D eigenvalue weighted by molar-refractivity contribution is 0.0951. The van der Waals surface area contributed by atoms with E-state index in [1.165, 1.54) is 23.5 Å². The summed E-state index contributed by atoms with van der Waals surface area (Å²) >= 11 is 0. The molecule has 3 aromatic carbocycles. The Hall–Kier alpha value is -3.32. The molecule has 0 saturated carbocycles. The molecule has 0 aliphatic heterocycles. The summed E-state index contributed by atoms with van der Waals surface area (Å²) in [5.74, 6) is -0.397. The molecule has 3 rings (SSSR count). The molecular weight excluding hydrogens is 386 g/mol. The maximum atomic E-state index is 13.0. The standard InChI is InChI=1S/C22H23N3O3S/c1-17-12-14-20(15-13-17)25(3)29(27,28)21-11-7-8-18(16-21)22(26)23-24(2)19-9-5-4-6-10-19/h4-16H,1-3H3,(H,23,26). The van der Waals surface area contributed by atoms with Gasteiger partial charge in [0.2, 0.25) is 0 Å². The Labute approximate surface area is 171 Å². The van der Waals surface area contributed by atoms with E-state index in [-0.39, 0.29) is 10.5 Å². The summed E-state index contributed by atoms with van der Waals surface area (Å²) in [7, 11) is -0.585. The number of nitrogens with one attached hydrogen (secondary N) is 1. The second-order valence-corrected chi connectivity index (χ2v) is 8.64. The molecule has 0 aromatic heterocycles. The Morgan fingerprint density at radius 1 is 0.828 bits per heavy atom.